The van der Waals surface area contributed by atoms with Crippen LogP contribution >= 0.6 is 0 Å². The van der Waals surface area contributed by atoms with Gasteiger partial charge in [-0.15, -0.1) is 0 Å². The molecule has 0 radical (unpaired) electrons. The first kappa shape index (κ1) is 13.0. The molecule has 1 saturated carbocycles. The Balaban J connectivity index is 2.99. The van der Waals surface area contributed by atoms with Crippen LogP contribution in [-0.2, 0) is 9.59 Å². The first-order chi connectivity index (χ1) is 8.11. The molecule has 1 rings (SSSR count). The molecule has 1 N–H and O–H groups in total. The lowest BCUT2D eigenvalue weighted by atomic mass is 9.76. The van der Waals surface area contributed by atoms with Crippen LogP contribution in [0.3, 0.4) is 0 Å². The molecule has 1 aliphatic carbocycles. The Morgan fingerprint density at radius 2 is 1.71 bits per heavy atom. The van der Waals surface area contributed by atoms with Gasteiger partial charge in [-0.25, -0.2) is 0 Å². The molecule has 17 heavy (non-hydrogen) atoms. The van der Waals surface area contributed by atoms with Gasteiger partial charge in [0.15, 0.2) is 0 Å². The highest BCUT2D eigenvalue weighted by atomic mass is 16.3. The minimum absolute atomic E-state index is 0.326. The van der Waals surface area contributed by atoms with Gasteiger partial charge in [-0.3, -0.25) is 9.59 Å². The van der Waals surface area contributed by atoms with Crippen LogP contribution in [-0.4, -0.2) is 23.0 Å². The fourth-order valence-electron chi connectivity index (χ4n) is 2.02. The van der Waals surface area contributed by atoms with Crippen molar-refractivity contribution in [2.45, 2.75) is 25.4 Å². The molecule has 1 fully saturated rings. The number of carbonyl (C=O) groups excluding carboxylic acids is 2. The molecular weight excluding hydrogens is 228 g/mol. The predicted octanol–water partition coefficient (Wildman–Crippen LogP) is 1.44. The van der Waals surface area contributed by atoms with Crippen LogP contribution in [0.25, 0.3) is 20.9 Å². The van der Waals surface area contributed by atoms with Gasteiger partial charge in [-0.05, 0) is 34.1 Å². The fraction of sp³-hybridized carbons (Fsp3) is 0.750. The Kier molecular flexibility index (Phi) is 4.47. The predicted molar refractivity (Wildman–Crippen MR) is 55.1 cm³/mol. The van der Waals surface area contributed by atoms with Gasteiger partial charge in [0.2, 0.25) is 11.8 Å². The van der Waals surface area contributed by atoms with Gasteiger partial charge in [0.25, 0.3) is 0 Å². The molecule has 0 saturated heterocycles. The average Bonchev–Trinajstić information content (AvgIpc) is 2.29. The van der Waals surface area contributed by atoms with Crippen molar-refractivity contribution in [1.29, 1.82) is 0 Å². The first-order valence-corrected chi connectivity index (χ1v) is 4.97. The highest BCUT2D eigenvalue weighted by Gasteiger charge is 2.40. The lowest BCUT2D eigenvalue weighted by Crippen LogP contribution is -2.40. The summed E-state index contributed by atoms with van der Waals surface area (Å²) in [6, 6.07) is 0. The average molecular weight is 238 g/mol. The van der Waals surface area contributed by atoms with Gasteiger partial charge in [0, 0.05) is 15.7 Å². The summed E-state index contributed by atoms with van der Waals surface area (Å²) >= 11 is 0. The third kappa shape index (κ3) is 2.94. The molecule has 2 amide bonds. The van der Waals surface area contributed by atoms with E-state index in [1.54, 1.807) is 0 Å². The van der Waals surface area contributed by atoms with E-state index in [2.05, 4.69) is 20.1 Å². The number of carbonyl (C=O) groups is 2. The lowest BCUT2D eigenvalue weighted by Gasteiger charge is -2.31. The summed E-state index contributed by atoms with van der Waals surface area (Å²) < 4.78 is 0. The highest BCUT2D eigenvalue weighted by molar-refractivity contribution is 5.89. The number of hydrogen-bond acceptors (Lipinski definition) is 3. The molecule has 0 aliphatic heterocycles. The van der Waals surface area contributed by atoms with Crippen molar-refractivity contribution in [3.63, 3.8) is 0 Å². The van der Waals surface area contributed by atoms with E-state index in [1.165, 1.54) is 0 Å². The Morgan fingerprint density at radius 1 is 1.12 bits per heavy atom. The fourth-order valence-corrected chi connectivity index (χ4v) is 2.02. The Bertz CT molecular complexity index is 423. The molecule has 0 bridgehead atoms. The largest absolute Gasteiger partial charge is 0.392 e. The molecule has 0 aromatic heterocycles. The van der Waals surface area contributed by atoms with Crippen LogP contribution in [0.15, 0.2) is 10.2 Å². The van der Waals surface area contributed by atoms with Crippen molar-refractivity contribution in [2.75, 3.05) is 0 Å². The maximum Gasteiger partial charge on any atom is 0.225 e. The quantitative estimate of drug-likeness (QED) is 0.439. The number of azide groups is 2. The maximum atomic E-state index is 11.5. The van der Waals surface area contributed by atoms with Gasteiger partial charge in [0.05, 0.1) is 12.0 Å². The summed E-state index contributed by atoms with van der Waals surface area (Å²) in [6.45, 7) is 0. The minimum atomic E-state index is -1.11. The zero-order chi connectivity index (χ0) is 12.8. The number of amides is 2. The van der Waals surface area contributed by atoms with Crippen LogP contribution in [0.2, 0.25) is 0 Å². The first-order valence-electron chi connectivity index (χ1n) is 4.97. The molecule has 0 heterocycles. The monoisotopic (exact) mass is 238 g/mol. The molecule has 9 nitrogen and oxygen atoms in total. The van der Waals surface area contributed by atoms with Crippen LogP contribution in [0.4, 0.5) is 0 Å². The van der Waals surface area contributed by atoms with Crippen molar-refractivity contribution >= 4 is 11.8 Å². The lowest BCUT2D eigenvalue weighted by molar-refractivity contribution is -0.138. The smallest absolute Gasteiger partial charge is 0.225 e. The van der Waals surface area contributed by atoms with E-state index in [1.807, 2.05) is 0 Å². The van der Waals surface area contributed by atoms with Gasteiger partial charge in [-0.2, -0.15) is 0 Å². The van der Waals surface area contributed by atoms with Crippen LogP contribution in [0.1, 0.15) is 19.3 Å². The molecular formula is C8H10N6O3. The highest BCUT2D eigenvalue weighted by Crippen LogP contribution is 2.32. The van der Waals surface area contributed by atoms with E-state index >= 15 is 0 Å². The van der Waals surface area contributed by atoms with E-state index in [0.717, 1.165) is 0 Å². The van der Waals surface area contributed by atoms with Crippen molar-refractivity contribution in [1.82, 2.24) is 0 Å². The van der Waals surface area contributed by atoms with E-state index in [0.29, 0.717) is 19.3 Å². The summed E-state index contributed by atoms with van der Waals surface area (Å²) in [5.41, 5.74) is 16.3. The summed E-state index contributed by atoms with van der Waals surface area (Å²) in [4.78, 5) is 27.6. The van der Waals surface area contributed by atoms with Crippen LogP contribution in [0.5, 0.6) is 0 Å². The van der Waals surface area contributed by atoms with Crippen molar-refractivity contribution in [3.05, 3.63) is 20.9 Å². The molecule has 0 aromatic rings. The summed E-state index contributed by atoms with van der Waals surface area (Å²) in [6.07, 6.45) is 0.159. The number of aliphatic hydroxyl groups is 1. The molecule has 9 heteroatoms. The number of nitrogens with zero attached hydrogens (tertiary/aromatic N) is 6. The number of hydrogen-bond donors (Lipinski definition) is 1. The Labute approximate surface area is 95.7 Å². The molecule has 1 unspecified atom stereocenters. The summed E-state index contributed by atoms with van der Waals surface area (Å²) in [7, 11) is 0. The molecule has 0 spiro atoms. The van der Waals surface area contributed by atoms with Gasteiger partial charge < -0.3 is 5.11 Å². The zero-order valence-electron chi connectivity index (χ0n) is 8.80. The third-order valence-corrected chi connectivity index (χ3v) is 2.75. The van der Waals surface area contributed by atoms with Gasteiger partial charge in [0.1, 0.15) is 0 Å². The summed E-state index contributed by atoms with van der Waals surface area (Å²) in [5, 5.41) is 15.5. The van der Waals surface area contributed by atoms with Crippen molar-refractivity contribution in [3.8, 4) is 0 Å². The van der Waals surface area contributed by atoms with Gasteiger partial charge in [-0.1, -0.05) is 6.42 Å². The SMILES string of the molecule is [N-]=[N+]=NC(=O)[C@H]1CCCC(O)[C@@H]1C(=O)N=[N+]=[N-]. The zero-order valence-corrected chi connectivity index (χ0v) is 8.80. The van der Waals surface area contributed by atoms with Gasteiger partial charge >= 0.3 is 0 Å². The standard InChI is InChI=1S/C8H10N6O3/c9-13-11-7(16)4-2-1-3-5(15)6(4)8(17)12-14-10/h4-6,15H,1-3H2/t4-,5?,6+/m0/s1. The molecule has 1 aliphatic rings. The second-order valence-corrected chi connectivity index (χ2v) is 3.69. The molecule has 0 aromatic carbocycles. The van der Waals surface area contributed by atoms with Crippen molar-refractivity contribution < 1.29 is 14.7 Å². The minimum Gasteiger partial charge on any atom is -0.392 e. The maximum absolute atomic E-state index is 11.5. The van der Waals surface area contributed by atoms with Crippen molar-refractivity contribution in [2.24, 2.45) is 22.1 Å². The van der Waals surface area contributed by atoms with E-state index in [-0.39, 0.29) is 0 Å². The third-order valence-electron chi connectivity index (χ3n) is 2.75. The molecule has 90 valence electrons. The summed E-state index contributed by atoms with van der Waals surface area (Å²) in [5.74, 6) is -3.73. The van der Waals surface area contributed by atoms with Crippen LogP contribution in [0, 0.1) is 11.8 Å². The normalized spacial score (nSPS) is 27.5. The molecule has 3 atom stereocenters. The Hall–Kier alpha value is -2.08. The second-order valence-electron chi connectivity index (χ2n) is 3.69. The van der Waals surface area contributed by atoms with E-state index < -0.39 is 29.8 Å². The topological polar surface area (TPSA) is 152 Å². The van der Waals surface area contributed by atoms with Crippen LogP contribution < -0.4 is 0 Å². The number of rotatable bonds is 2. The van der Waals surface area contributed by atoms with E-state index in [9.17, 15) is 14.7 Å². The number of aliphatic hydroxyl groups excluding tert-OH is 1. The van der Waals surface area contributed by atoms with E-state index in [4.69, 9.17) is 11.1 Å². The Morgan fingerprint density at radius 3 is 2.29 bits per heavy atom. The second kappa shape index (κ2) is 5.86.